The van der Waals surface area contributed by atoms with E-state index in [4.69, 9.17) is 4.74 Å². The molecule has 2 aromatic rings. The third-order valence-electron chi connectivity index (χ3n) is 5.72. The zero-order chi connectivity index (χ0) is 20.4. The van der Waals surface area contributed by atoms with E-state index in [1.54, 1.807) is 4.90 Å². The molecule has 2 atom stereocenters. The van der Waals surface area contributed by atoms with Gasteiger partial charge >= 0.3 is 0 Å². The molecule has 0 unspecified atom stereocenters. The summed E-state index contributed by atoms with van der Waals surface area (Å²) in [6.45, 7) is 3.19. The Labute approximate surface area is 169 Å². The molecule has 154 valence electrons. The van der Waals surface area contributed by atoms with E-state index in [0.29, 0.717) is 31.9 Å². The van der Waals surface area contributed by atoms with E-state index in [2.05, 4.69) is 19.8 Å². The maximum atomic E-state index is 12.8. The largest absolute Gasteiger partial charge is 0.484 e. The van der Waals surface area contributed by atoms with Crippen molar-refractivity contribution in [2.24, 2.45) is 11.3 Å². The van der Waals surface area contributed by atoms with E-state index in [-0.39, 0.29) is 35.4 Å². The van der Waals surface area contributed by atoms with Crippen molar-refractivity contribution < 1.29 is 19.0 Å². The van der Waals surface area contributed by atoms with Crippen LogP contribution in [0.15, 0.2) is 41.2 Å². The molecule has 4 rings (SSSR count). The Morgan fingerprint density at radius 1 is 1.21 bits per heavy atom. The number of benzene rings is 1. The fraction of sp³-hybridized carbons (Fsp3) is 0.500. The predicted octanol–water partition coefficient (Wildman–Crippen LogP) is 0.611. The minimum absolute atomic E-state index is 0.0159. The molecule has 3 heterocycles. The number of hydrogen-bond acceptors (Lipinski definition) is 7. The lowest BCUT2D eigenvalue weighted by Crippen LogP contribution is -2.44. The monoisotopic (exact) mass is 399 g/mol. The van der Waals surface area contributed by atoms with Crippen molar-refractivity contribution in [3.63, 3.8) is 0 Å². The highest BCUT2D eigenvalue weighted by molar-refractivity contribution is 5.92. The van der Waals surface area contributed by atoms with Crippen LogP contribution < -0.4 is 4.74 Å². The molecule has 9 heteroatoms. The Kier molecular flexibility index (Phi) is 5.23. The Morgan fingerprint density at radius 3 is 2.62 bits per heavy atom. The van der Waals surface area contributed by atoms with Crippen LogP contribution in [0.5, 0.6) is 5.75 Å². The first-order valence-corrected chi connectivity index (χ1v) is 9.64. The second kappa shape index (κ2) is 7.82. The molecule has 0 spiro atoms. The fourth-order valence-electron chi connectivity index (χ4n) is 4.55. The van der Waals surface area contributed by atoms with Gasteiger partial charge in [0.25, 0.3) is 11.8 Å². The van der Waals surface area contributed by atoms with Crippen LogP contribution in [0.25, 0.3) is 0 Å². The molecule has 9 nitrogen and oxygen atoms in total. The lowest BCUT2D eigenvalue weighted by Gasteiger charge is -2.32. The van der Waals surface area contributed by atoms with Gasteiger partial charge in [0.1, 0.15) is 11.9 Å². The van der Waals surface area contributed by atoms with Crippen LogP contribution in [0.2, 0.25) is 0 Å². The van der Waals surface area contributed by atoms with Gasteiger partial charge in [-0.3, -0.25) is 9.59 Å². The lowest BCUT2D eigenvalue weighted by atomic mass is 9.80. The highest BCUT2D eigenvalue weighted by atomic mass is 16.6. The van der Waals surface area contributed by atoms with Gasteiger partial charge in [-0.05, 0) is 31.4 Å². The van der Waals surface area contributed by atoms with Crippen LogP contribution in [-0.2, 0) is 4.79 Å². The van der Waals surface area contributed by atoms with Gasteiger partial charge in [-0.2, -0.15) is 0 Å². The zero-order valence-corrected chi connectivity index (χ0v) is 16.7. The van der Waals surface area contributed by atoms with Gasteiger partial charge in [0.05, 0.1) is 0 Å². The zero-order valence-electron chi connectivity index (χ0n) is 16.7. The van der Waals surface area contributed by atoms with Crippen molar-refractivity contribution in [1.82, 2.24) is 25.0 Å². The first-order valence-electron chi connectivity index (χ1n) is 9.64. The maximum absolute atomic E-state index is 12.8. The summed E-state index contributed by atoms with van der Waals surface area (Å²) in [7, 11) is 4.03. The minimum atomic E-state index is -0.177. The second-order valence-electron chi connectivity index (χ2n) is 8.15. The Hall–Kier alpha value is -2.94. The number of carbonyl (C=O) groups is 2. The Balaban J connectivity index is 1.43. The van der Waals surface area contributed by atoms with Crippen molar-refractivity contribution in [2.75, 3.05) is 53.4 Å². The molecule has 2 fully saturated rings. The quantitative estimate of drug-likeness (QED) is 0.703. The maximum Gasteiger partial charge on any atom is 0.277 e. The summed E-state index contributed by atoms with van der Waals surface area (Å²) in [6, 6.07) is 9.33. The highest BCUT2D eigenvalue weighted by Gasteiger charge is 2.54. The number of para-hydroxylation sites is 1. The smallest absolute Gasteiger partial charge is 0.277 e. The minimum Gasteiger partial charge on any atom is -0.484 e. The molecular formula is C20H25N5O4. The number of likely N-dealkylation sites (tertiary alicyclic amines) is 2. The number of nitrogens with zero attached hydrogens (tertiary/aromatic N) is 5. The molecule has 1 aromatic carbocycles. The van der Waals surface area contributed by atoms with Crippen LogP contribution in [0.1, 0.15) is 10.5 Å². The number of aromatic nitrogens is 2. The molecule has 0 bridgehead atoms. The van der Waals surface area contributed by atoms with E-state index < -0.39 is 0 Å². The standard InChI is InChI=1S/C20H25N5O4/c1-23(2)12-20-13-24(18(26)11-28-16-6-4-3-5-7-16)9-15(20)10-25(14-20)19(27)17-8-21-29-22-17/h3-8,15H,9-14H2,1-2H3/t15-,20+/m1/s1. The third-order valence-corrected chi connectivity index (χ3v) is 5.72. The average molecular weight is 399 g/mol. The molecule has 2 aliphatic heterocycles. The van der Waals surface area contributed by atoms with Gasteiger partial charge in [0.2, 0.25) is 0 Å². The molecular weight excluding hydrogens is 374 g/mol. The van der Waals surface area contributed by atoms with Crippen LogP contribution in [-0.4, -0.2) is 90.3 Å². The second-order valence-corrected chi connectivity index (χ2v) is 8.15. The summed E-state index contributed by atoms with van der Waals surface area (Å²) in [5.74, 6) is 0.680. The lowest BCUT2D eigenvalue weighted by molar-refractivity contribution is -0.132. The topological polar surface area (TPSA) is 92.0 Å². The number of ether oxygens (including phenoxy) is 1. The average Bonchev–Trinajstić information content (AvgIpc) is 3.40. The van der Waals surface area contributed by atoms with Crippen molar-refractivity contribution in [3.8, 4) is 5.75 Å². The van der Waals surface area contributed by atoms with Crippen molar-refractivity contribution >= 4 is 11.8 Å². The first-order chi connectivity index (χ1) is 14.0. The Morgan fingerprint density at radius 2 is 1.93 bits per heavy atom. The molecule has 0 saturated carbocycles. The molecule has 29 heavy (non-hydrogen) atoms. The number of rotatable bonds is 6. The van der Waals surface area contributed by atoms with Crippen LogP contribution in [0, 0.1) is 11.3 Å². The molecule has 2 saturated heterocycles. The van der Waals surface area contributed by atoms with Gasteiger partial charge in [-0.25, -0.2) is 4.63 Å². The normalized spacial score (nSPS) is 23.5. The number of hydrogen-bond donors (Lipinski definition) is 0. The van der Waals surface area contributed by atoms with Crippen LogP contribution in [0.3, 0.4) is 0 Å². The highest BCUT2D eigenvalue weighted by Crippen LogP contribution is 2.43. The van der Waals surface area contributed by atoms with Gasteiger partial charge in [-0.1, -0.05) is 23.4 Å². The van der Waals surface area contributed by atoms with E-state index >= 15 is 0 Å². The van der Waals surface area contributed by atoms with Crippen molar-refractivity contribution in [3.05, 3.63) is 42.2 Å². The number of amides is 2. The molecule has 0 N–H and O–H groups in total. The van der Waals surface area contributed by atoms with Gasteiger partial charge in [-0.15, -0.1) is 0 Å². The summed E-state index contributed by atoms with van der Waals surface area (Å²) in [5.41, 5.74) is 0.0489. The number of carbonyl (C=O) groups excluding carboxylic acids is 2. The van der Waals surface area contributed by atoms with Crippen LogP contribution >= 0.6 is 0 Å². The summed E-state index contributed by atoms with van der Waals surface area (Å²) >= 11 is 0. The van der Waals surface area contributed by atoms with Crippen molar-refractivity contribution in [2.45, 2.75) is 0 Å². The molecule has 1 aromatic heterocycles. The first kappa shape index (κ1) is 19.4. The molecule has 0 radical (unpaired) electrons. The summed E-state index contributed by atoms with van der Waals surface area (Å²) in [6.07, 6.45) is 1.34. The molecule has 2 aliphatic rings. The van der Waals surface area contributed by atoms with E-state index in [9.17, 15) is 9.59 Å². The SMILES string of the molecule is CN(C)C[C@@]12CN(C(=O)COc3ccccc3)C[C@@H]1CN(C(=O)c1cnon1)C2. The summed E-state index contributed by atoms with van der Waals surface area (Å²) < 4.78 is 10.2. The number of fused-ring (bicyclic) bond motifs is 1. The molecule has 2 amide bonds. The third kappa shape index (κ3) is 3.95. The predicted molar refractivity (Wildman–Crippen MR) is 103 cm³/mol. The Bertz CT molecular complexity index is 857. The van der Waals surface area contributed by atoms with E-state index in [0.717, 1.165) is 6.54 Å². The van der Waals surface area contributed by atoms with Gasteiger partial charge < -0.3 is 19.4 Å². The van der Waals surface area contributed by atoms with Gasteiger partial charge in [0, 0.05) is 44.1 Å². The fourth-order valence-corrected chi connectivity index (χ4v) is 4.55. The van der Waals surface area contributed by atoms with Gasteiger partial charge in [0.15, 0.2) is 12.3 Å². The molecule has 0 aliphatic carbocycles. The van der Waals surface area contributed by atoms with E-state index in [1.165, 1.54) is 6.20 Å². The van der Waals surface area contributed by atoms with Crippen molar-refractivity contribution in [1.29, 1.82) is 0 Å². The van der Waals surface area contributed by atoms with E-state index in [1.807, 2.05) is 49.3 Å². The van der Waals surface area contributed by atoms with Crippen LogP contribution in [0.4, 0.5) is 0 Å². The summed E-state index contributed by atoms with van der Waals surface area (Å²) in [5, 5.41) is 7.19. The summed E-state index contributed by atoms with van der Waals surface area (Å²) in [4.78, 5) is 31.2.